The summed E-state index contributed by atoms with van der Waals surface area (Å²) >= 11 is 6.11. The zero-order chi connectivity index (χ0) is 17.0. The number of non-ortho nitro benzene ring substituents is 1. The van der Waals surface area contributed by atoms with E-state index in [-0.39, 0.29) is 10.7 Å². The van der Waals surface area contributed by atoms with E-state index in [0.717, 1.165) is 31.6 Å². The first kappa shape index (κ1) is 17.2. The van der Waals surface area contributed by atoms with Gasteiger partial charge >= 0.3 is 6.03 Å². The smallest absolute Gasteiger partial charge is 0.349 e. The number of likely N-dealkylation sites (tertiary alicyclic amines) is 1. The monoisotopic (exact) mass is 338 g/mol. The molecule has 0 spiro atoms. The van der Waals surface area contributed by atoms with Crippen molar-refractivity contribution in [2.75, 3.05) is 25.0 Å². The largest absolute Gasteiger partial charge is 0.363 e. The summed E-state index contributed by atoms with van der Waals surface area (Å²) in [4.78, 5) is 30.3. The maximum Gasteiger partial charge on any atom is 0.349 e. The molecule has 0 radical (unpaired) electrons. The van der Waals surface area contributed by atoms with Crippen molar-refractivity contribution in [1.82, 2.24) is 4.90 Å². The second-order valence-corrected chi connectivity index (χ2v) is 5.73. The predicted octanol–water partition coefficient (Wildman–Crippen LogP) is 3.71. The van der Waals surface area contributed by atoms with Gasteiger partial charge in [-0.15, -0.1) is 0 Å². The quantitative estimate of drug-likeness (QED) is 0.621. The van der Waals surface area contributed by atoms with Crippen molar-refractivity contribution in [3.05, 3.63) is 33.3 Å². The Morgan fingerprint density at radius 1 is 1.48 bits per heavy atom. The minimum absolute atomic E-state index is 0.111. The SMILES string of the molecule is CCN(C(=O)/N=C1/CCCCN1C)c1ccc([N+](=O)[O-])cc1Cl. The molecule has 7 nitrogen and oxygen atoms in total. The summed E-state index contributed by atoms with van der Waals surface area (Å²) in [5.41, 5.74) is 0.313. The van der Waals surface area contributed by atoms with E-state index in [2.05, 4.69) is 4.99 Å². The molecular formula is C15H19ClN4O3. The van der Waals surface area contributed by atoms with E-state index in [0.29, 0.717) is 12.2 Å². The lowest BCUT2D eigenvalue weighted by Crippen LogP contribution is -2.35. The Bertz CT molecular complexity index is 648. The average molecular weight is 339 g/mol. The number of amidine groups is 1. The Hall–Kier alpha value is -2.15. The summed E-state index contributed by atoms with van der Waals surface area (Å²) in [6, 6.07) is 3.64. The summed E-state index contributed by atoms with van der Waals surface area (Å²) < 4.78 is 0. The lowest BCUT2D eigenvalue weighted by atomic mass is 10.1. The number of urea groups is 1. The van der Waals surface area contributed by atoms with Gasteiger partial charge in [0.1, 0.15) is 5.84 Å². The third-order valence-corrected chi connectivity index (χ3v) is 4.09. The molecule has 0 atom stereocenters. The third-order valence-electron chi connectivity index (χ3n) is 3.79. The number of halogens is 1. The summed E-state index contributed by atoms with van der Waals surface area (Å²) in [5, 5.41) is 10.9. The number of carbonyl (C=O) groups excluding carboxylic acids is 1. The van der Waals surface area contributed by atoms with Crippen LogP contribution in [-0.4, -0.2) is 41.8 Å². The van der Waals surface area contributed by atoms with Crippen LogP contribution in [0.2, 0.25) is 5.02 Å². The van der Waals surface area contributed by atoms with Gasteiger partial charge in [0.2, 0.25) is 0 Å². The number of nitro groups is 1. The molecule has 0 saturated carbocycles. The van der Waals surface area contributed by atoms with Gasteiger partial charge in [0, 0.05) is 38.7 Å². The predicted molar refractivity (Wildman–Crippen MR) is 90.4 cm³/mol. The lowest BCUT2D eigenvalue weighted by Gasteiger charge is -2.27. The molecule has 1 heterocycles. The van der Waals surface area contributed by atoms with E-state index in [1.165, 1.54) is 23.1 Å². The van der Waals surface area contributed by atoms with E-state index in [4.69, 9.17) is 11.6 Å². The Labute approximate surface area is 139 Å². The number of carbonyl (C=O) groups is 1. The summed E-state index contributed by atoms with van der Waals surface area (Å²) in [6.45, 7) is 3.06. The van der Waals surface area contributed by atoms with Gasteiger partial charge in [-0.3, -0.25) is 15.0 Å². The summed E-state index contributed by atoms with van der Waals surface area (Å²) in [5.74, 6) is 0.762. The van der Waals surface area contributed by atoms with Crippen molar-refractivity contribution in [3.8, 4) is 0 Å². The van der Waals surface area contributed by atoms with Crippen LogP contribution in [0.5, 0.6) is 0 Å². The maximum atomic E-state index is 12.5. The molecule has 1 fully saturated rings. The molecule has 0 aliphatic carbocycles. The second-order valence-electron chi connectivity index (χ2n) is 5.33. The van der Waals surface area contributed by atoms with Gasteiger partial charge in [0.25, 0.3) is 5.69 Å². The molecule has 1 saturated heterocycles. The Morgan fingerprint density at radius 2 is 2.22 bits per heavy atom. The third kappa shape index (κ3) is 3.98. The fraction of sp³-hybridized carbons (Fsp3) is 0.467. The summed E-state index contributed by atoms with van der Waals surface area (Å²) in [6.07, 6.45) is 2.88. The highest BCUT2D eigenvalue weighted by Gasteiger charge is 2.21. The van der Waals surface area contributed by atoms with Crippen LogP contribution in [0.3, 0.4) is 0 Å². The van der Waals surface area contributed by atoms with Gasteiger partial charge in [-0.1, -0.05) is 11.6 Å². The molecule has 0 unspecified atom stereocenters. The Kier molecular flexibility index (Phi) is 5.54. The standard InChI is InChI=1S/C15H19ClN4O3/c1-3-19(13-8-7-11(20(22)23)10-12(13)16)15(21)17-14-6-4-5-9-18(14)2/h7-8,10H,3-6,9H2,1-2H3/b17-14-. The van der Waals surface area contributed by atoms with Crippen LogP contribution < -0.4 is 4.90 Å². The van der Waals surface area contributed by atoms with Crippen LogP contribution in [0.15, 0.2) is 23.2 Å². The van der Waals surface area contributed by atoms with Gasteiger partial charge in [0.05, 0.1) is 15.6 Å². The molecule has 2 amide bonds. The second kappa shape index (κ2) is 7.41. The highest BCUT2D eigenvalue weighted by atomic mass is 35.5. The molecular weight excluding hydrogens is 320 g/mol. The first-order valence-corrected chi connectivity index (χ1v) is 7.86. The molecule has 0 bridgehead atoms. The van der Waals surface area contributed by atoms with Crippen molar-refractivity contribution < 1.29 is 9.72 Å². The Morgan fingerprint density at radius 3 is 2.78 bits per heavy atom. The van der Waals surface area contributed by atoms with Crippen LogP contribution in [0.4, 0.5) is 16.2 Å². The van der Waals surface area contributed by atoms with E-state index in [1.54, 1.807) is 6.92 Å². The van der Waals surface area contributed by atoms with Crippen LogP contribution in [0.25, 0.3) is 0 Å². The fourth-order valence-corrected chi connectivity index (χ4v) is 2.78. The van der Waals surface area contributed by atoms with Gasteiger partial charge in [-0.05, 0) is 25.8 Å². The fourth-order valence-electron chi connectivity index (χ4n) is 2.50. The molecule has 0 aromatic heterocycles. The van der Waals surface area contributed by atoms with Crippen LogP contribution in [0.1, 0.15) is 26.2 Å². The molecule has 1 aromatic rings. The highest BCUT2D eigenvalue weighted by Crippen LogP contribution is 2.30. The number of hydrogen-bond acceptors (Lipinski definition) is 3. The number of amides is 2. The van der Waals surface area contributed by atoms with Crippen LogP contribution in [-0.2, 0) is 0 Å². The maximum absolute atomic E-state index is 12.5. The highest BCUT2D eigenvalue weighted by molar-refractivity contribution is 6.34. The van der Waals surface area contributed by atoms with E-state index >= 15 is 0 Å². The van der Waals surface area contributed by atoms with Crippen molar-refractivity contribution in [1.29, 1.82) is 0 Å². The molecule has 8 heteroatoms. The van der Waals surface area contributed by atoms with Crippen LogP contribution in [0, 0.1) is 10.1 Å². The topological polar surface area (TPSA) is 79.0 Å². The van der Waals surface area contributed by atoms with Crippen LogP contribution >= 0.6 is 11.6 Å². The average Bonchev–Trinajstić information content (AvgIpc) is 2.51. The number of nitrogens with zero attached hydrogens (tertiary/aromatic N) is 4. The normalized spacial score (nSPS) is 16.5. The minimum atomic E-state index is -0.523. The van der Waals surface area contributed by atoms with E-state index < -0.39 is 11.0 Å². The number of aliphatic imine (C=N–C) groups is 1. The lowest BCUT2D eigenvalue weighted by molar-refractivity contribution is -0.384. The van der Waals surface area contributed by atoms with E-state index in [1.807, 2.05) is 11.9 Å². The van der Waals surface area contributed by atoms with Crippen molar-refractivity contribution in [2.24, 2.45) is 4.99 Å². The number of anilines is 1. The number of benzene rings is 1. The Balaban J connectivity index is 2.27. The number of piperidine rings is 1. The first-order valence-electron chi connectivity index (χ1n) is 7.48. The van der Waals surface area contributed by atoms with Gasteiger partial charge in [-0.25, -0.2) is 4.79 Å². The zero-order valence-electron chi connectivity index (χ0n) is 13.2. The molecule has 1 aliphatic rings. The van der Waals surface area contributed by atoms with Gasteiger partial charge in [-0.2, -0.15) is 4.99 Å². The van der Waals surface area contributed by atoms with E-state index in [9.17, 15) is 14.9 Å². The zero-order valence-corrected chi connectivity index (χ0v) is 13.9. The van der Waals surface area contributed by atoms with Gasteiger partial charge < -0.3 is 4.90 Å². The molecule has 23 heavy (non-hydrogen) atoms. The molecule has 2 rings (SSSR count). The minimum Gasteiger partial charge on any atom is -0.363 e. The number of rotatable bonds is 3. The van der Waals surface area contributed by atoms with Crippen molar-refractivity contribution >= 4 is 34.8 Å². The van der Waals surface area contributed by atoms with Crippen molar-refractivity contribution in [2.45, 2.75) is 26.2 Å². The summed E-state index contributed by atoms with van der Waals surface area (Å²) in [7, 11) is 1.92. The van der Waals surface area contributed by atoms with Gasteiger partial charge in [0.15, 0.2) is 0 Å². The first-order chi connectivity index (χ1) is 10.9. The molecule has 1 aliphatic heterocycles. The number of nitro benzene ring substituents is 1. The molecule has 1 aromatic carbocycles. The van der Waals surface area contributed by atoms with Crippen molar-refractivity contribution in [3.63, 3.8) is 0 Å². The number of hydrogen-bond donors (Lipinski definition) is 0. The molecule has 0 N–H and O–H groups in total. The molecule has 124 valence electrons.